The molecule has 86 valence electrons. The van der Waals surface area contributed by atoms with Gasteiger partial charge in [-0.1, -0.05) is 0 Å². The molecule has 0 unspecified atom stereocenters. The number of ether oxygens (including phenoxy) is 1. The Morgan fingerprint density at radius 1 is 1.44 bits per heavy atom. The Morgan fingerprint density at radius 2 is 2.31 bits per heavy atom. The SMILES string of the molecule is COc1cncc(C2CC3(CCCN3)C2)c1. The van der Waals surface area contributed by atoms with E-state index in [-0.39, 0.29) is 0 Å². The highest BCUT2D eigenvalue weighted by molar-refractivity contribution is 5.30. The summed E-state index contributed by atoms with van der Waals surface area (Å²) in [6, 6.07) is 2.12. The summed E-state index contributed by atoms with van der Waals surface area (Å²) in [6.07, 6.45) is 8.97. The van der Waals surface area contributed by atoms with Crippen molar-refractivity contribution in [2.45, 2.75) is 37.1 Å². The predicted molar refractivity (Wildman–Crippen MR) is 62.7 cm³/mol. The molecule has 3 rings (SSSR count). The van der Waals surface area contributed by atoms with E-state index in [1.165, 1.54) is 37.8 Å². The highest BCUT2D eigenvalue weighted by Gasteiger charge is 2.46. The number of pyridine rings is 1. The second-order valence-corrected chi connectivity index (χ2v) is 5.07. The first-order valence-electron chi connectivity index (χ1n) is 6.05. The first-order valence-corrected chi connectivity index (χ1v) is 6.05. The fourth-order valence-corrected chi connectivity index (χ4v) is 3.11. The van der Waals surface area contributed by atoms with Gasteiger partial charge in [-0.3, -0.25) is 4.98 Å². The van der Waals surface area contributed by atoms with Crippen molar-refractivity contribution >= 4 is 0 Å². The van der Waals surface area contributed by atoms with Crippen molar-refractivity contribution in [3.05, 3.63) is 24.0 Å². The van der Waals surface area contributed by atoms with Gasteiger partial charge in [0, 0.05) is 11.7 Å². The van der Waals surface area contributed by atoms with Gasteiger partial charge in [-0.2, -0.15) is 0 Å². The van der Waals surface area contributed by atoms with Crippen molar-refractivity contribution < 1.29 is 4.74 Å². The molecule has 1 saturated heterocycles. The normalized spacial score (nSPS) is 32.7. The molecule has 1 spiro atoms. The van der Waals surface area contributed by atoms with Crippen LogP contribution in [0.4, 0.5) is 0 Å². The minimum absolute atomic E-state index is 0.466. The third-order valence-corrected chi connectivity index (χ3v) is 4.05. The Morgan fingerprint density at radius 3 is 3.00 bits per heavy atom. The lowest BCUT2D eigenvalue weighted by Gasteiger charge is -2.45. The predicted octanol–water partition coefficient (Wildman–Crippen LogP) is 2.09. The zero-order valence-electron chi connectivity index (χ0n) is 9.70. The van der Waals surface area contributed by atoms with Crippen LogP contribution in [0.15, 0.2) is 18.5 Å². The zero-order chi connectivity index (χ0) is 11.0. The highest BCUT2D eigenvalue weighted by atomic mass is 16.5. The summed E-state index contributed by atoms with van der Waals surface area (Å²) in [5.74, 6) is 1.55. The van der Waals surface area contributed by atoms with E-state index >= 15 is 0 Å². The van der Waals surface area contributed by atoms with Gasteiger partial charge in [0.05, 0.1) is 13.3 Å². The maximum Gasteiger partial charge on any atom is 0.137 e. The van der Waals surface area contributed by atoms with Gasteiger partial charge in [0.1, 0.15) is 5.75 Å². The zero-order valence-corrected chi connectivity index (χ0v) is 9.70. The van der Waals surface area contributed by atoms with E-state index in [1.807, 2.05) is 6.20 Å². The molecule has 2 aliphatic rings. The standard InChI is InChI=1S/C13H18N2O/c1-16-12-5-10(8-14-9-12)11-6-13(7-11)3-2-4-15-13/h5,8-9,11,15H,2-4,6-7H2,1H3. The number of methoxy groups -OCH3 is 1. The van der Waals surface area contributed by atoms with Crippen LogP contribution >= 0.6 is 0 Å². The number of hydrogen-bond acceptors (Lipinski definition) is 3. The number of hydrogen-bond donors (Lipinski definition) is 1. The Bertz CT molecular complexity index is 377. The van der Waals surface area contributed by atoms with Crippen LogP contribution in [0.3, 0.4) is 0 Å². The van der Waals surface area contributed by atoms with Gasteiger partial charge in [0.2, 0.25) is 0 Å². The third kappa shape index (κ3) is 1.59. The second-order valence-electron chi connectivity index (χ2n) is 5.07. The molecule has 16 heavy (non-hydrogen) atoms. The van der Waals surface area contributed by atoms with Crippen LogP contribution in [0.1, 0.15) is 37.2 Å². The molecular weight excluding hydrogens is 200 g/mol. The fourth-order valence-electron chi connectivity index (χ4n) is 3.11. The van der Waals surface area contributed by atoms with Crippen LogP contribution in [-0.2, 0) is 0 Å². The van der Waals surface area contributed by atoms with E-state index < -0.39 is 0 Å². The van der Waals surface area contributed by atoms with Crippen LogP contribution in [0.25, 0.3) is 0 Å². The Hall–Kier alpha value is -1.09. The monoisotopic (exact) mass is 218 g/mol. The topological polar surface area (TPSA) is 34.1 Å². The Kier molecular flexibility index (Phi) is 2.36. The molecule has 1 aliphatic carbocycles. The largest absolute Gasteiger partial charge is 0.495 e. The summed E-state index contributed by atoms with van der Waals surface area (Å²) < 4.78 is 5.21. The van der Waals surface area contributed by atoms with Crippen molar-refractivity contribution in [2.24, 2.45) is 0 Å². The maximum absolute atomic E-state index is 5.21. The average Bonchev–Trinajstić information content (AvgIpc) is 2.76. The summed E-state index contributed by atoms with van der Waals surface area (Å²) in [5, 5.41) is 3.65. The molecule has 2 heterocycles. The average molecular weight is 218 g/mol. The van der Waals surface area contributed by atoms with E-state index in [0.717, 1.165) is 5.75 Å². The van der Waals surface area contributed by atoms with E-state index in [9.17, 15) is 0 Å². The smallest absolute Gasteiger partial charge is 0.137 e. The minimum atomic E-state index is 0.466. The van der Waals surface area contributed by atoms with Crippen molar-refractivity contribution in [3.8, 4) is 5.75 Å². The van der Waals surface area contributed by atoms with E-state index in [1.54, 1.807) is 13.3 Å². The third-order valence-electron chi connectivity index (χ3n) is 4.05. The lowest BCUT2D eigenvalue weighted by atomic mass is 9.65. The summed E-state index contributed by atoms with van der Waals surface area (Å²) in [6.45, 7) is 1.20. The van der Waals surface area contributed by atoms with Crippen molar-refractivity contribution in [1.82, 2.24) is 10.3 Å². The molecule has 1 aromatic heterocycles. The van der Waals surface area contributed by atoms with Gasteiger partial charge in [0.25, 0.3) is 0 Å². The number of aromatic nitrogens is 1. The van der Waals surface area contributed by atoms with Gasteiger partial charge in [0.15, 0.2) is 0 Å². The van der Waals surface area contributed by atoms with E-state index in [0.29, 0.717) is 11.5 Å². The van der Waals surface area contributed by atoms with Crippen LogP contribution in [0.2, 0.25) is 0 Å². The number of rotatable bonds is 2. The molecule has 3 heteroatoms. The first-order chi connectivity index (χ1) is 7.81. The van der Waals surface area contributed by atoms with Crippen LogP contribution in [0, 0.1) is 0 Å². The molecular formula is C13H18N2O. The molecule has 1 aliphatic heterocycles. The second kappa shape index (κ2) is 3.74. The van der Waals surface area contributed by atoms with Crippen molar-refractivity contribution in [2.75, 3.05) is 13.7 Å². The van der Waals surface area contributed by atoms with Crippen LogP contribution in [0.5, 0.6) is 5.75 Å². The quantitative estimate of drug-likeness (QED) is 0.825. The first kappa shape index (κ1) is 10.1. The van der Waals surface area contributed by atoms with Crippen LogP contribution < -0.4 is 10.1 Å². The fraction of sp³-hybridized carbons (Fsp3) is 0.615. The summed E-state index contributed by atoms with van der Waals surface area (Å²) in [4.78, 5) is 4.23. The van der Waals surface area contributed by atoms with E-state index in [4.69, 9.17) is 4.74 Å². The molecule has 0 atom stereocenters. The van der Waals surface area contributed by atoms with Gasteiger partial charge in [-0.05, 0) is 49.8 Å². The highest BCUT2D eigenvalue weighted by Crippen LogP contribution is 2.49. The number of nitrogens with zero attached hydrogens (tertiary/aromatic N) is 1. The summed E-state index contributed by atoms with van der Waals surface area (Å²) in [5.41, 5.74) is 1.80. The lowest BCUT2D eigenvalue weighted by molar-refractivity contribution is 0.178. The Labute approximate surface area is 96.2 Å². The van der Waals surface area contributed by atoms with Crippen LogP contribution in [-0.4, -0.2) is 24.2 Å². The summed E-state index contributed by atoms with van der Waals surface area (Å²) >= 11 is 0. The van der Waals surface area contributed by atoms with Gasteiger partial charge >= 0.3 is 0 Å². The van der Waals surface area contributed by atoms with Gasteiger partial charge in [-0.25, -0.2) is 0 Å². The molecule has 3 nitrogen and oxygen atoms in total. The minimum Gasteiger partial charge on any atom is -0.495 e. The summed E-state index contributed by atoms with van der Waals surface area (Å²) in [7, 11) is 1.70. The van der Waals surface area contributed by atoms with E-state index in [2.05, 4.69) is 16.4 Å². The lowest BCUT2D eigenvalue weighted by Crippen LogP contribution is -2.50. The van der Waals surface area contributed by atoms with Gasteiger partial charge in [-0.15, -0.1) is 0 Å². The number of nitrogens with one attached hydrogen (secondary N) is 1. The molecule has 0 aromatic carbocycles. The molecule has 2 fully saturated rings. The molecule has 0 radical (unpaired) electrons. The Balaban J connectivity index is 1.71. The molecule has 1 aromatic rings. The maximum atomic E-state index is 5.21. The molecule has 0 amide bonds. The van der Waals surface area contributed by atoms with Crippen molar-refractivity contribution in [3.63, 3.8) is 0 Å². The van der Waals surface area contributed by atoms with Gasteiger partial charge < -0.3 is 10.1 Å². The molecule has 1 N–H and O–H groups in total. The van der Waals surface area contributed by atoms with Crippen molar-refractivity contribution in [1.29, 1.82) is 0 Å². The molecule has 0 bridgehead atoms. The molecule has 1 saturated carbocycles.